The molecule has 0 aromatic carbocycles. The van der Waals surface area contributed by atoms with E-state index in [1.165, 1.54) is 16.2 Å². The quantitative estimate of drug-likeness (QED) is 0.688. The lowest BCUT2D eigenvalue weighted by molar-refractivity contribution is 0.580. The minimum Gasteiger partial charge on any atom is -0.312 e. The van der Waals surface area contributed by atoms with Crippen LogP contribution in [0.25, 0.3) is 0 Å². The van der Waals surface area contributed by atoms with E-state index in [1.807, 2.05) is 22.9 Å². The maximum Gasteiger partial charge on any atom is 0.241 e. The fourth-order valence-corrected chi connectivity index (χ4v) is 5.07. The second-order valence-electron chi connectivity index (χ2n) is 4.61. The molecule has 4 nitrogen and oxygen atoms in total. The number of hydrogen-bond donors (Lipinski definition) is 2. The molecule has 0 spiro atoms. The van der Waals surface area contributed by atoms with E-state index in [0.29, 0.717) is 18.0 Å². The summed E-state index contributed by atoms with van der Waals surface area (Å²) < 4.78 is 27.4. The highest BCUT2D eigenvalue weighted by Crippen LogP contribution is 2.21. The Morgan fingerprint density at radius 1 is 1.14 bits per heavy atom. The van der Waals surface area contributed by atoms with E-state index in [2.05, 4.69) is 17.0 Å². The maximum absolute atomic E-state index is 12.3. The molecule has 2 aromatic heterocycles. The van der Waals surface area contributed by atoms with E-state index < -0.39 is 10.0 Å². The van der Waals surface area contributed by atoms with Gasteiger partial charge in [0.05, 0.1) is 4.90 Å². The van der Waals surface area contributed by atoms with Crippen molar-refractivity contribution in [2.75, 3.05) is 13.1 Å². The largest absolute Gasteiger partial charge is 0.312 e. The van der Waals surface area contributed by atoms with Crippen LogP contribution >= 0.6 is 22.7 Å². The Balaban J connectivity index is 1.94. The summed E-state index contributed by atoms with van der Waals surface area (Å²) in [5, 5.41) is 7.08. The summed E-state index contributed by atoms with van der Waals surface area (Å²) in [5.74, 6) is 0. The van der Waals surface area contributed by atoms with Crippen LogP contribution in [0.3, 0.4) is 0 Å². The van der Waals surface area contributed by atoms with E-state index in [9.17, 15) is 8.42 Å². The van der Waals surface area contributed by atoms with Crippen LogP contribution in [0.1, 0.15) is 23.1 Å². The Morgan fingerprint density at radius 2 is 2.00 bits per heavy atom. The summed E-state index contributed by atoms with van der Waals surface area (Å²) in [4.78, 5) is 2.46. The molecule has 2 N–H and O–H groups in total. The molecule has 7 heteroatoms. The van der Waals surface area contributed by atoms with Gasteiger partial charge in [-0.3, -0.25) is 0 Å². The lowest BCUT2D eigenvalue weighted by atomic mass is 10.3. The second kappa shape index (κ2) is 8.05. The highest BCUT2D eigenvalue weighted by atomic mass is 32.2. The van der Waals surface area contributed by atoms with Crippen LogP contribution in [0.4, 0.5) is 0 Å². The molecule has 0 radical (unpaired) electrons. The molecule has 2 aromatic rings. The Kier molecular flexibility index (Phi) is 6.38. The average Bonchev–Trinajstić information content (AvgIpc) is 3.10. The third-order valence-corrected chi connectivity index (χ3v) is 6.48. The number of hydrogen-bond acceptors (Lipinski definition) is 5. The van der Waals surface area contributed by atoms with Gasteiger partial charge >= 0.3 is 0 Å². The van der Waals surface area contributed by atoms with Gasteiger partial charge in [-0.05, 0) is 42.3 Å². The molecule has 21 heavy (non-hydrogen) atoms. The van der Waals surface area contributed by atoms with Gasteiger partial charge in [0, 0.05) is 22.8 Å². The standard InChI is InChI=1S/C14H20N2O2S3/c1-2-7-15-11-13-14(6-10-20-13)21(17,18)16-8-5-12-4-3-9-19-12/h3-4,6,9-10,15-16H,2,5,7-8,11H2,1H3. The van der Waals surface area contributed by atoms with Gasteiger partial charge in [-0.15, -0.1) is 22.7 Å². The van der Waals surface area contributed by atoms with Crippen molar-refractivity contribution in [1.29, 1.82) is 0 Å². The first-order valence-corrected chi connectivity index (χ1v) is 10.2. The second-order valence-corrected chi connectivity index (χ2v) is 8.38. The van der Waals surface area contributed by atoms with Crippen molar-refractivity contribution in [2.24, 2.45) is 0 Å². The molecule has 0 bridgehead atoms. The van der Waals surface area contributed by atoms with Crippen LogP contribution in [0.5, 0.6) is 0 Å². The molecular formula is C14H20N2O2S3. The molecule has 0 aliphatic rings. The maximum atomic E-state index is 12.3. The van der Waals surface area contributed by atoms with Gasteiger partial charge in [0.25, 0.3) is 0 Å². The molecule has 0 saturated heterocycles. The van der Waals surface area contributed by atoms with Crippen molar-refractivity contribution in [3.8, 4) is 0 Å². The topological polar surface area (TPSA) is 58.2 Å². The zero-order chi connectivity index (χ0) is 15.1. The van der Waals surface area contributed by atoms with Gasteiger partial charge in [-0.25, -0.2) is 13.1 Å². The molecule has 0 unspecified atom stereocenters. The molecule has 0 aliphatic carbocycles. The fourth-order valence-electron chi connectivity index (χ4n) is 1.92. The summed E-state index contributed by atoms with van der Waals surface area (Å²) in [7, 11) is -3.41. The van der Waals surface area contributed by atoms with Gasteiger partial charge in [0.2, 0.25) is 10.0 Å². The molecule has 2 rings (SSSR count). The number of nitrogens with one attached hydrogen (secondary N) is 2. The summed E-state index contributed by atoms with van der Waals surface area (Å²) in [5.41, 5.74) is 0. The molecule has 2 heterocycles. The van der Waals surface area contributed by atoms with Gasteiger partial charge in [0.1, 0.15) is 0 Å². The van der Waals surface area contributed by atoms with E-state index in [0.717, 1.165) is 24.3 Å². The molecule has 0 saturated carbocycles. The molecular weight excluding hydrogens is 324 g/mol. The summed E-state index contributed by atoms with van der Waals surface area (Å²) in [6.07, 6.45) is 1.76. The zero-order valence-corrected chi connectivity index (χ0v) is 14.4. The van der Waals surface area contributed by atoms with Crippen molar-refractivity contribution in [1.82, 2.24) is 10.0 Å². The monoisotopic (exact) mass is 344 g/mol. The van der Waals surface area contributed by atoms with Gasteiger partial charge in [0.15, 0.2) is 0 Å². The minimum absolute atomic E-state index is 0.405. The van der Waals surface area contributed by atoms with Crippen LogP contribution in [0.2, 0.25) is 0 Å². The van der Waals surface area contributed by atoms with Crippen molar-refractivity contribution in [2.45, 2.75) is 31.2 Å². The lowest BCUT2D eigenvalue weighted by Crippen LogP contribution is -2.27. The van der Waals surface area contributed by atoms with Gasteiger partial charge < -0.3 is 5.32 Å². The average molecular weight is 345 g/mol. The molecule has 116 valence electrons. The first-order valence-electron chi connectivity index (χ1n) is 6.92. The Morgan fingerprint density at radius 3 is 2.71 bits per heavy atom. The molecule has 0 fully saturated rings. The fraction of sp³-hybridized carbons (Fsp3) is 0.429. The normalized spacial score (nSPS) is 11.9. The van der Waals surface area contributed by atoms with Crippen molar-refractivity contribution in [3.63, 3.8) is 0 Å². The Bertz CT molecular complexity index is 633. The summed E-state index contributed by atoms with van der Waals surface area (Å²) in [6.45, 7) is 4.02. The predicted molar refractivity (Wildman–Crippen MR) is 89.5 cm³/mol. The van der Waals surface area contributed by atoms with E-state index in [4.69, 9.17) is 0 Å². The van der Waals surface area contributed by atoms with Crippen molar-refractivity contribution >= 4 is 32.7 Å². The smallest absolute Gasteiger partial charge is 0.241 e. The lowest BCUT2D eigenvalue weighted by Gasteiger charge is -2.08. The number of rotatable bonds is 9. The molecule has 0 aliphatic heterocycles. The van der Waals surface area contributed by atoms with Crippen LogP contribution in [0.15, 0.2) is 33.9 Å². The van der Waals surface area contributed by atoms with Crippen molar-refractivity contribution in [3.05, 3.63) is 38.7 Å². The van der Waals surface area contributed by atoms with Crippen LogP contribution in [0, 0.1) is 0 Å². The molecule has 0 amide bonds. The highest BCUT2D eigenvalue weighted by Gasteiger charge is 2.18. The van der Waals surface area contributed by atoms with Crippen LogP contribution in [-0.4, -0.2) is 21.5 Å². The summed E-state index contributed by atoms with van der Waals surface area (Å²) in [6, 6.07) is 5.68. The predicted octanol–water partition coefficient (Wildman–Crippen LogP) is 2.83. The minimum atomic E-state index is -3.41. The van der Waals surface area contributed by atoms with E-state index in [1.54, 1.807) is 17.4 Å². The Hall–Kier alpha value is -0.730. The van der Waals surface area contributed by atoms with E-state index in [-0.39, 0.29) is 0 Å². The number of thiophene rings is 2. The first kappa shape index (κ1) is 16.6. The van der Waals surface area contributed by atoms with Crippen LogP contribution in [-0.2, 0) is 23.0 Å². The third-order valence-electron chi connectivity index (χ3n) is 2.95. The zero-order valence-electron chi connectivity index (χ0n) is 12.0. The first-order chi connectivity index (χ1) is 10.1. The number of sulfonamides is 1. The van der Waals surface area contributed by atoms with Crippen LogP contribution < -0.4 is 10.0 Å². The Labute approximate surface area is 134 Å². The molecule has 0 atom stereocenters. The van der Waals surface area contributed by atoms with E-state index >= 15 is 0 Å². The highest BCUT2D eigenvalue weighted by molar-refractivity contribution is 7.89. The SMILES string of the molecule is CCCNCc1sccc1S(=O)(=O)NCCc1cccs1. The summed E-state index contributed by atoms with van der Waals surface area (Å²) >= 11 is 3.12. The van der Waals surface area contributed by atoms with Crippen molar-refractivity contribution < 1.29 is 8.42 Å². The van der Waals surface area contributed by atoms with Gasteiger partial charge in [-0.1, -0.05) is 13.0 Å². The van der Waals surface area contributed by atoms with Gasteiger partial charge in [-0.2, -0.15) is 0 Å². The third kappa shape index (κ3) is 4.89.